The maximum Gasteiger partial charge on any atom is 0.237 e. The lowest BCUT2D eigenvalue weighted by molar-refractivity contribution is -0.115. The third kappa shape index (κ3) is 1.95. The van der Waals surface area contributed by atoms with E-state index in [2.05, 4.69) is 12.2 Å². The summed E-state index contributed by atoms with van der Waals surface area (Å²) in [6.45, 7) is 2.09. The maximum atomic E-state index is 11.7. The molecule has 3 N–H and O–H groups in total. The number of anilines is 2. The fraction of sp³-hybridized carbons (Fsp3) is 0.364. The second-order valence-electron chi connectivity index (χ2n) is 3.60. The Morgan fingerprint density at radius 2 is 2.33 bits per heavy atom. The molecule has 1 aromatic carbocycles. The number of para-hydroxylation sites is 1. The standard InChI is InChI=1S/C11H14N2OS/c1-2-4-9-11(14)13-10-7(12)5-3-6-8(10)15-9/h3,5-6,9H,2,4,12H2,1H3,(H,13,14). The van der Waals surface area contributed by atoms with Crippen molar-refractivity contribution in [2.75, 3.05) is 11.1 Å². The molecule has 0 bridgehead atoms. The van der Waals surface area contributed by atoms with Crippen molar-refractivity contribution < 1.29 is 4.79 Å². The zero-order chi connectivity index (χ0) is 10.8. The minimum absolute atomic E-state index is 0.0318. The summed E-state index contributed by atoms with van der Waals surface area (Å²) in [5.41, 5.74) is 7.21. The first-order chi connectivity index (χ1) is 7.22. The van der Waals surface area contributed by atoms with Crippen molar-refractivity contribution >= 4 is 29.0 Å². The smallest absolute Gasteiger partial charge is 0.237 e. The van der Waals surface area contributed by atoms with E-state index in [1.807, 2.05) is 12.1 Å². The van der Waals surface area contributed by atoms with Gasteiger partial charge in [-0.05, 0) is 18.6 Å². The number of rotatable bonds is 2. The Balaban J connectivity index is 2.30. The zero-order valence-electron chi connectivity index (χ0n) is 8.62. The summed E-state index contributed by atoms with van der Waals surface area (Å²) >= 11 is 1.61. The quantitative estimate of drug-likeness (QED) is 0.756. The number of amides is 1. The molecule has 1 aliphatic rings. The van der Waals surface area contributed by atoms with Crippen molar-refractivity contribution in [1.82, 2.24) is 0 Å². The summed E-state index contributed by atoms with van der Waals surface area (Å²) in [5, 5.41) is 2.91. The molecule has 2 rings (SSSR count). The van der Waals surface area contributed by atoms with Gasteiger partial charge in [0.15, 0.2) is 0 Å². The highest BCUT2D eigenvalue weighted by Crippen LogP contribution is 2.40. The predicted octanol–water partition coefficient (Wildman–Crippen LogP) is 2.48. The largest absolute Gasteiger partial charge is 0.397 e. The lowest BCUT2D eigenvalue weighted by Gasteiger charge is -2.24. The Bertz CT molecular complexity index is 392. The van der Waals surface area contributed by atoms with Crippen molar-refractivity contribution in [3.05, 3.63) is 18.2 Å². The number of hydrogen-bond acceptors (Lipinski definition) is 3. The van der Waals surface area contributed by atoms with Gasteiger partial charge in [0.05, 0.1) is 16.6 Å². The maximum absolute atomic E-state index is 11.7. The van der Waals surface area contributed by atoms with Crippen LogP contribution in [-0.2, 0) is 4.79 Å². The lowest BCUT2D eigenvalue weighted by Crippen LogP contribution is -2.29. The number of carbonyl (C=O) groups excluding carboxylic acids is 1. The third-order valence-electron chi connectivity index (χ3n) is 2.42. The Morgan fingerprint density at radius 3 is 3.07 bits per heavy atom. The van der Waals surface area contributed by atoms with E-state index in [-0.39, 0.29) is 11.2 Å². The molecule has 0 aromatic heterocycles. The van der Waals surface area contributed by atoms with E-state index in [1.54, 1.807) is 17.8 Å². The van der Waals surface area contributed by atoms with Gasteiger partial charge < -0.3 is 11.1 Å². The van der Waals surface area contributed by atoms with Crippen LogP contribution in [0.4, 0.5) is 11.4 Å². The van der Waals surface area contributed by atoms with E-state index in [0.717, 1.165) is 23.4 Å². The first-order valence-corrected chi connectivity index (χ1v) is 5.96. The number of nitrogens with two attached hydrogens (primary N) is 1. The van der Waals surface area contributed by atoms with Gasteiger partial charge in [0.25, 0.3) is 0 Å². The molecule has 0 radical (unpaired) electrons. The first-order valence-electron chi connectivity index (χ1n) is 5.08. The molecule has 1 heterocycles. The number of thioether (sulfide) groups is 1. The molecule has 1 atom stereocenters. The average Bonchev–Trinajstić information content (AvgIpc) is 2.21. The van der Waals surface area contributed by atoms with Gasteiger partial charge >= 0.3 is 0 Å². The summed E-state index contributed by atoms with van der Waals surface area (Å²) in [4.78, 5) is 12.8. The fourth-order valence-electron chi connectivity index (χ4n) is 1.64. The first kappa shape index (κ1) is 10.4. The summed E-state index contributed by atoms with van der Waals surface area (Å²) in [7, 11) is 0. The Kier molecular flexibility index (Phi) is 2.86. The predicted molar refractivity (Wildman–Crippen MR) is 64.0 cm³/mol. The van der Waals surface area contributed by atoms with Crippen LogP contribution in [0.1, 0.15) is 19.8 Å². The molecule has 1 aromatic rings. The number of nitrogen functional groups attached to an aromatic ring is 1. The van der Waals surface area contributed by atoms with Crippen LogP contribution in [0.15, 0.2) is 23.1 Å². The van der Waals surface area contributed by atoms with Gasteiger partial charge in [0.1, 0.15) is 0 Å². The summed E-state index contributed by atoms with van der Waals surface area (Å²) in [5.74, 6) is 0.0762. The van der Waals surface area contributed by atoms with Crippen molar-refractivity contribution in [3.63, 3.8) is 0 Å². The molecule has 15 heavy (non-hydrogen) atoms. The molecular weight excluding hydrogens is 208 g/mol. The normalized spacial score (nSPS) is 19.5. The van der Waals surface area contributed by atoms with E-state index < -0.39 is 0 Å². The molecular formula is C11H14N2OS. The SMILES string of the molecule is CCCC1Sc2cccc(N)c2NC1=O. The second kappa shape index (κ2) is 4.14. The van der Waals surface area contributed by atoms with E-state index in [4.69, 9.17) is 5.73 Å². The van der Waals surface area contributed by atoms with Gasteiger partial charge in [-0.15, -0.1) is 11.8 Å². The van der Waals surface area contributed by atoms with Crippen LogP contribution in [0.2, 0.25) is 0 Å². The van der Waals surface area contributed by atoms with Crippen LogP contribution in [0, 0.1) is 0 Å². The molecule has 0 fully saturated rings. The van der Waals surface area contributed by atoms with Crippen molar-refractivity contribution in [2.24, 2.45) is 0 Å². The Labute approximate surface area is 93.4 Å². The summed E-state index contributed by atoms with van der Waals surface area (Å²) in [6.07, 6.45) is 1.92. The van der Waals surface area contributed by atoms with Crippen LogP contribution in [0.25, 0.3) is 0 Å². The highest BCUT2D eigenvalue weighted by Gasteiger charge is 2.26. The fourth-order valence-corrected chi connectivity index (χ4v) is 2.91. The molecule has 1 amide bonds. The molecule has 3 nitrogen and oxygen atoms in total. The zero-order valence-corrected chi connectivity index (χ0v) is 9.43. The van der Waals surface area contributed by atoms with E-state index >= 15 is 0 Å². The monoisotopic (exact) mass is 222 g/mol. The number of nitrogens with one attached hydrogen (secondary N) is 1. The van der Waals surface area contributed by atoms with Gasteiger partial charge in [-0.2, -0.15) is 0 Å². The molecule has 0 saturated carbocycles. The summed E-state index contributed by atoms with van der Waals surface area (Å²) in [6, 6.07) is 5.72. The van der Waals surface area contributed by atoms with Crippen molar-refractivity contribution in [1.29, 1.82) is 0 Å². The highest BCUT2D eigenvalue weighted by molar-refractivity contribution is 8.01. The number of benzene rings is 1. The van der Waals surface area contributed by atoms with Gasteiger partial charge in [0.2, 0.25) is 5.91 Å². The minimum atomic E-state index is 0.0318. The Morgan fingerprint density at radius 1 is 1.53 bits per heavy atom. The second-order valence-corrected chi connectivity index (χ2v) is 4.85. The molecule has 80 valence electrons. The molecule has 0 saturated heterocycles. The Hall–Kier alpha value is -1.16. The van der Waals surface area contributed by atoms with E-state index in [0.29, 0.717) is 5.69 Å². The van der Waals surface area contributed by atoms with Crippen LogP contribution < -0.4 is 11.1 Å². The number of carbonyl (C=O) groups is 1. The van der Waals surface area contributed by atoms with Crippen LogP contribution in [0.3, 0.4) is 0 Å². The minimum Gasteiger partial charge on any atom is -0.397 e. The van der Waals surface area contributed by atoms with E-state index in [9.17, 15) is 4.79 Å². The van der Waals surface area contributed by atoms with Gasteiger partial charge in [-0.25, -0.2) is 0 Å². The summed E-state index contributed by atoms with van der Waals surface area (Å²) < 4.78 is 0. The van der Waals surface area contributed by atoms with Crippen LogP contribution >= 0.6 is 11.8 Å². The van der Waals surface area contributed by atoms with Gasteiger partial charge in [-0.1, -0.05) is 19.4 Å². The van der Waals surface area contributed by atoms with Crippen molar-refractivity contribution in [3.8, 4) is 0 Å². The van der Waals surface area contributed by atoms with Gasteiger partial charge in [0, 0.05) is 4.90 Å². The molecule has 0 aliphatic carbocycles. The topological polar surface area (TPSA) is 55.1 Å². The molecule has 4 heteroatoms. The molecule has 1 aliphatic heterocycles. The average molecular weight is 222 g/mol. The lowest BCUT2D eigenvalue weighted by atomic mass is 10.2. The number of hydrogen-bond donors (Lipinski definition) is 2. The molecule has 0 spiro atoms. The number of fused-ring (bicyclic) bond motifs is 1. The van der Waals surface area contributed by atoms with E-state index in [1.165, 1.54) is 0 Å². The molecule has 1 unspecified atom stereocenters. The van der Waals surface area contributed by atoms with Gasteiger partial charge in [-0.3, -0.25) is 4.79 Å². The van der Waals surface area contributed by atoms with Crippen LogP contribution in [0.5, 0.6) is 0 Å². The third-order valence-corrected chi connectivity index (χ3v) is 3.75. The van der Waals surface area contributed by atoms with Crippen molar-refractivity contribution in [2.45, 2.75) is 29.9 Å². The van der Waals surface area contributed by atoms with Crippen LogP contribution in [-0.4, -0.2) is 11.2 Å². The highest BCUT2D eigenvalue weighted by atomic mass is 32.2.